The van der Waals surface area contributed by atoms with Crippen molar-refractivity contribution < 1.29 is 4.79 Å². The zero-order valence-corrected chi connectivity index (χ0v) is 13.1. The van der Waals surface area contributed by atoms with Crippen molar-refractivity contribution in [2.45, 2.75) is 31.7 Å². The molecular formula is C15H19N5OS. The third kappa shape index (κ3) is 2.85. The van der Waals surface area contributed by atoms with Crippen molar-refractivity contribution in [3.63, 3.8) is 0 Å². The molecule has 2 fully saturated rings. The lowest BCUT2D eigenvalue weighted by molar-refractivity contribution is -0.125. The third-order valence-electron chi connectivity index (χ3n) is 4.22. The van der Waals surface area contributed by atoms with Crippen LogP contribution < -0.4 is 10.2 Å². The van der Waals surface area contributed by atoms with Crippen LogP contribution in [0.4, 0.5) is 5.13 Å². The van der Waals surface area contributed by atoms with Gasteiger partial charge >= 0.3 is 0 Å². The summed E-state index contributed by atoms with van der Waals surface area (Å²) >= 11 is 1.57. The van der Waals surface area contributed by atoms with E-state index in [0.717, 1.165) is 49.0 Å². The van der Waals surface area contributed by atoms with Crippen LogP contribution in [0.15, 0.2) is 24.5 Å². The fraction of sp³-hybridized carbons (Fsp3) is 0.533. The molecule has 4 rings (SSSR count). The third-order valence-corrected chi connectivity index (χ3v) is 5.21. The Balaban J connectivity index is 1.44. The SMILES string of the molecule is O=C(NC1CC1)C1CCCN(c2nnc(-n3cccc3)s2)C1. The van der Waals surface area contributed by atoms with Crippen LogP contribution in [0.5, 0.6) is 0 Å². The molecule has 0 bridgehead atoms. The van der Waals surface area contributed by atoms with Gasteiger partial charge in [0.2, 0.25) is 16.2 Å². The minimum Gasteiger partial charge on any atom is -0.353 e. The van der Waals surface area contributed by atoms with Gasteiger partial charge in [-0.2, -0.15) is 0 Å². The topological polar surface area (TPSA) is 63.1 Å². The highest BCUT2D eigenvalue weighted by Crippen LogP contribution is 2.28. The number of piperidine rings is 1. The number of nitrogens with one attached hydrogen (secondary N) is 1. The Labute approximate surface area is 133 Å². The van der Waals surface area contributed by atoms with Crippen LogP contribution >= 0.6 is 11.3 Å². The van der Waals surface area contributed by atoms with Gasteiger partial charge in [0.1, 0.15) is 0 Å². The van der Waals surface area contributed by atoms with Crippen molar-refractivity contribution in [2.75, 3.05) is 18.0 Å². The molecule has 116 valence electrons. The summed E-state index contributed by atoms with van der Waals surface area (Å²) in [5.41, 5.74) is 0. The molecule has 1 saturated carbocycles. The summed E-state index contributed by atoms with van der Waals surface area (Å²) < 4.78 is 1.96. The monoisotopic (exact) mass is 317 g/mol. The van der Waals surface area contributed by atoms with Crippen LogP contribution in [0, 0.1) is 5.92 Å². The van der Waals surface area contributed by atoms with Crippen molar-refractivity contribution in [1.82, 2.24) is 20.1 Å². The van der Waals surface area contributed by atoms with E-state index in [9.17, 15) is 4.79 Å². The van der Waals surface area contributed by atoms with E-state index in [0.29, 0.717) is 6.04 Å². The predicted molar refractivity (Wildman–Crippen MR) is 85.3 cm³/mol. The van der Waals surface area contributed by atoms with Crippen molar-refractivity contribution in [1.29, 1.82) is 0 Å². The van der Waals surface area contributed by atoms with E-state index in [-0.39, 0.29) is 11.8 Å². The number of nitrogens with zero attached hydrogens (tertiary/aromatic N) is 4. The van der Waals surface area contributed by atoms with Crippen LogP contribution in [0.2, 0.25) is 0 Å². The maximum Gasteiger partial charge on any atom is 0.225 e. The summed E-state index contributed by atoms with van der Waals surface area (Å²) in [5.74, 6) is 0.288. The Morgan fingerprint density at radius 1 is 1.18 bits per heavy atom. The van der Waals surface area contributed by atoms with Crippen molar-refractivity contribution >= 4 is 22.4 Å². The first-order valence-corrected chi connectivity index (χ1v) is 8.63. The fourth-order valence-corrected chi connectivity index (χ4v) is 3.66. The second-order valence-electron chi connectivity index (χ2n) is 6.03. The van der Waals surface area contributed by atoms with Crippen molar-refractivity contribution in [3.8, 4) is 5.13 Å². The van der Waals surface area contributed by atoms with Crippen LogP contribution in [0.1, 0.15) is 25.7 Å². The number of hydrogen-bond acceptors (Lipinski definition) is 5. The average Bonchev–Trinajstić information content (AvgIpc) is 3.05. The average molecular weight is 317 g/mol. The summed E-state index contributed by atoms with van der Waals surface area (Å²) in [7, 11) is 0. The molecule has 2 aliphatic rings. The number of amides is 1. The molecule has 1 aliphatic carbocycles. The van der Waals surface area contributed by atoms with E-state index < -0.39 is 0 Å². The van der Waals surface area contributed by atoms with Crippen LogP contribution in [0.3, 0.4) is 0 Å². The molecule has 6 nitrogen and oxygen atoms in total. The molecule has 7 heteroatoms. The quantitative estimate of drug-likeness (QED) is 0.934. The molecule has 1 atom stereocenters. The fourth-order valence-electron chi connectivity index (χ4n) is 2.81. The molecular weight excluding hydrogens is 298 g/mol. The van der Waals surface area contributed by atoms with Crippen LogP contribution in [-0.2, 0) is 4.79 Å². The predicted octanol–water partition coefficient (Wildman–Crippen LogP) is 1.82. The highest BCUT2D eigenvalue weighted by atomic mass is 32.1. The molecule has 1 unspecified atom stereocenters. The largest absolute Gasteiger partial charge is 0.353 e. The molecule has 1 saturated heterocycles. The van der Waals surface area contributed by atoms with Gasteiger partial charge in [-0.3, -0.25) is 9.36 Å². The van der Waals surface area contributed by atoms with Gasteiger partial charge in [0.25, 0.3) is 0 Å². The van der Waals surface area contributed by atoms with E-state index in [1.54, 1.807) is 11.3 Å². The molecule has 1 aliphatic heterocycles. The Morgan fingerprint density at radius 2 is 1.95 bits per heavy atom. The second kappa shape index (κ2) is 5.72. The molecule has 3 heterocycles. The summed E-state index contributed by atoms with van der Waals surface area (Å²) in [6.07, 6.45) is 8.20. The maximum absolute atomic E-state index is 12.2. The van der Waals surface area contributed by atoms with Crippen molar-refractivity contribution in [2.24, 2.45) is 5.92 Å². The van der Waals surface area contributed by atoms with Gasteiger partial charge in [-0.1, -0.05) is 11.3 Å². The standard InChI is InChI=1S/C15H19N5OS/c21-13(16-12-5-6-12)11-4-3-9-20(10-11)15-18-17-14(22-15)19-7-1-2-8-19/h1-2,7-8,11-12H,3-6,9-10H2,(H,16,21). The first kappa shape index (κ1) is 13.8. The maximum atomic E-state index is 12.2. The summed E-state index contributed by atoms with van der Waals surface area (Å²) in [4.78, 5) is 14.4. The first-order valence-electron chi connectivity index (χ1n) is 7.82. The summed E-state index contributed by atoms with van der Waals surface area (Å²) in [6, 6.07) is 4.38. The highest BCUT2D eigenvalue weighted by Gasteiger charge is 2.31. The molecule has 2 aromatic rings. The zero-order chi connectivity index (χ0) is 14.9. The van der Waals surface area contributed by atoms with Gasteiger partial charge in [-0.05, 0) is 37.8 Å². The van der Waals surface area contributed by atoms with E-state index >= 15 is 0 Å². The lowest BCUT2D eigenvalue weighted by atomic mass is 9.97. The number of anilines is 1. The number of aromatic nitrogens is 3. The number of hydrogen-bond donors (Lipinski definition) is 1. The highest BCUT2D eigenvalue weighted by molar-refractivity contribution is 7.17. The Bertz CT molecular complexity index is 649. The Kier molecular flexibility index (Phi) is 3.57. The summed E-state index contributed by atoms with van der Waals surface area (Å²) in [5, 5.41) is 13.5. The molecule has 1 N–H and O–H groups in total. The minimum atomic E-state index is 0.0771. The molecule has 1 amide bonds. The van der Waals surface area contributed by atoms with Gasteiger partial charge in [0.15, 0.2) is 0 Å². The molecule has 2 aromatic heterocycles. The lowest BCUT2D eigenvalue weighted by Crippen LogP contribution is -2.43. The van der Waals surface area contributed by atoms with Crippen molar-refractivity contribution in [3.05, 3.63) is 24.5 Å². The normalized spacial score (nSPS) is 21.8. The van der Waals surface area contributed by atoms with Gasteiger partial charge < -0.3 is 10.2 Å². The number of carbonyl (C=O) groups excluding carboxylic acids is 1. The number of rotatable bonds is 4. The van der Waals surface area contributed by atoms with Gasteiger partial charge in [-0.15, -0.1) is 10.2 Å². The van der Waals surface area contributed by atoms with E-state index in [1.165, 1.54) is 0 Å². The molecule has 0 radical (unpaired) electrons. The lowest BCUT2D eigenvalue weighted by Gasteiger charge is -2.31. The smallest absolute Gasteiger partial charge is 0.225 e. The second-order valence-corrected chi connectivity index (χ2v) is 6.96. The zero-order valence-electron chi connectivity index (χ0n) is 12.3. The minimum absolute atomic E-state index is 0.0771. The van der Waals surface area contributed by atoms with Crippen LogP contribution in [-0.4, -0.2) is 39.8 Å². The Morgan fingerprint density at radius 3 is 2.73 bits per heavy atom. The molecule has 22 heavy (non-hydrogen) atoms. The van der Waals surface area contributed by atoms with Gasteiger partial charge in [-0.25, -0.2) is 0 Å². The van der Waals surface area contributed by atoms with Gasteiger partial charge in [0.05, 0.1) is 5.92 Å². The van der Waals surface area contributed by atoms with E-state index in [4.69, 9.17) is 0 Å². The van der Waals surface area contributed by atoms with Gasteiger partial charge in [0, 0.05) is 31.5 Å². The van der Waals surface area contributed by atoms with E-state index in [2.05, 4.69) is 20.4 Å². The van der Waals surface area contributed by atoms with Crippen LogP contribution in [0.25, 0.3) is 5.13 Å². The Hall–Kier alpha value is -1.89. The first-order chi connectivity index (χ1) is 10.8. The van der Waals surface area contributed by atoms with E-state index in [1.807, 2.05) is 29.1 Å². The summed E-state index contributed by atoms with van der Waals surface area (Å²) in [6.45, 7) is 1.70. The number of carbonyl (C=O) groups is 1. The molecule has 0 aromatic carbocycles. The molecule has 0 spiro atoms.